The number of anilines is 1. The number of methoxy groups -OCH3 is 1. The summed E-state index contributed by atoms with van der Waals surface area (Å²) in [6.07, 6.45) is 2.80. The van der Waals surface area contributed by atoms with Crippen LogP contribution in [0.3, 0.4) is 0 Å². The van der Waals surface area contributed by atoms with Gasteiger partial charge in [0, 0.05) is 30.2 Å². The van der Waals surface area contributed by atoms with Gasteiger partial charge in [-0.05, 0) is 75.1 Å². The van der Waals surface area contributed by atoms with Gasteiger partial charge in [0.1, 0.15) is 5.60 Å². The van der Waals surface area contributed by atoms with Crippen LogP contribution in [0.5, 0.6) is 11.5 Å². The maximum atomic E-state index is 12.1. The Morgan fingerprint density at radius 3 is 2.24 bits per heavy atom. The van der Waals surface area contributed by atoms with Crippen LogP contribution in [0.25, 0.3) is 11.1 Å². The van der Waals surface area contributed by atoms with E-state index in [-0.39, 0.29) is 23.5 Å². The van der Waals surface area contributed by atoms with Crippen molar-refractivity contribution in [2.75, 3.05) is 24.7 Å². The molecule has 0 saturated carbocycles. The molecular weight excluding hydrogens is 520 g/mol. The SMILES string of the molecule is COc1cc2c(c3c1OC(C)(C)C3)C(c1cccc(-c3cccc(N(C)S(C)(=O)=O)c3)c1)=NC(C)(C)C2.Cl. The monoisotopic (exact) mass is 554 g/mol. The summed E-state index contributed by atoms with van der Waals surface area (Å²) in [4.78, 5) is 5.25. The summed E-state index contributed by atoms with van der Waals surface area (Å²) >= 11 is 0. The highest BCUT2D eigenvalue weighted by molar-refractivity contribution is 7.92. The van der Waals surface area contributed by atoms with Crippen LogP contribution >= 0.6 is 12.4 Å². The summed E-state index contributed by atoms with van der Waals surface area (Å²) in [5.41, 5.74) is 7.44. The molecule has 202 valence electrons. The van der Waals surface area contributed by atoms with Gasteiger partial charge in [0.25, 0.3) is 0 Å². The van der Waals surface area contributed by atoms with E-state index in [4.69, 9.17) is 14.5 Å². The third-order valence-electron chi connectivity index (χ3n) is 7.08. The number of rotatable bonds is 5. The van der Waals surface area contributed by atoms with Crippen LogP contribution in [0.1, 0.15) is 49.9 Å². The van der Waals surface area contributed by atoms with Gasteiger partial charge in [-0.15, -0.1) is 12.4 Å². The maximum absolute atomic E-state index is 12.1. The second-order valence-electron chi connectivity index (χ2n) is 11.3. The number of nitrogens with zero attached hydrogens (tertiary/aromatic N) is 2. The Balaban J connectivity index is 0.00000336. The molecule has 0 bridgehead atoms. The minimum atomic E-state index is -3.36. The van der Waals surface area contributed by atoms with E-state index in [0.717, 1.165) is 57.9 Å². The van der Waals surface area contributed by atoms with Crippen LogP contribution in [0.15, 0.2) is 59.6 Å². The number of hydrogen-bond acceptors (Lipinski definition) is 5. The molecule has 0 unspecified atom stereocenters. The van der Waals surface area contributed by atoms with Crippen LogP contribution in [0.4, 0.5) is 5.69 Å². The van der Waals surface area contributed by atoms with Crippen molar-refractivity contribution in [3.8, 4) is 22.6 Å². The van der Waals surface area contributed by atoms with Crippen molar-refractivity contribution in [3.05, 3.63) is 76.9 Å². The normalized spacial score (nSPS) is 16.9. The third kappa shape index (κ3) is 5.14. The second kappa shape index (κ2) is 9.62. The summed E-state index contributed by atoms with van der Waals surface area (Å²) in [6.45, 7) is 8.52. The average molecular weight is 555 g/mol. The maximum Gasteiger partial charge on any atom is 0.231 e. The Morgan fingerprint density at radius 1 is 0.947 bits per heavy atom. The minimum absolute atomic E-state index is 0. The zero-order chi connectivity index (χ0) is 26.8. The molecule has 3 aromatic rings. The molecule has 3 aromatic carbocycles. The van der Waals surface area contributed by atoms with Crippen LogP contribution in [-0.4, -0.2) is 45.7 Å². The number of fused-ring (bicyclic) bond motifs is 3. The number of aliphatic imine (C=N–C) groups is 1. The number of benzene rings is 3. The predicted octanol–water partition coefficient (Wildman–Crippen LogP) is 6.07. The van der Waals surface area contributed by atoms with E-state index in [1.54, 1.807) is 20.2 Å². The first-order valence-corrected chi connectivity index (χ1v) is 14.3. The molecule has 2 heterocycles. The fraction of sp³-hybridized carbons (Fsp3) is 0.367. The highest BCUT2D eigenvalue weighted by atomic mass is 35.5. The van der Waals surface area contributed by atoms with Crippen molar-refractivity contribution in [2.45, 2.75) is 51.7 Å². The van der Waals surface area contributed by atoms with Crippen molar-refractivity contribution in [3.63, 3.8) is 0 Å². The van der Waals surface area contributed by atoms with Gasteiger partial charge in [0.2, 0.25) is 10.0 Å². The Hall–Kier alpha value is -3.03. The zero-order valence-electron chi connectivity index (χ0n) is 23.0. The summed E-state index contributed by atoms with van der Waals surface area (Å²) in [6, 6.07) is 18.0. The summed E-state index contributed by atoms with van der Waals surface area (Å²) in [5.74, 6) is 1.59. The van der Waals surface area contributed by atoms with E-state index in [1.807, 2.05) is 30.3 Å². The molecule has 0 fully saturated rings. The molecule has 0 radical (unpaired) electrons. The number of ether oxygens (including phenoxy) is 2. The molecule has 0 aliphatic carbocycles. The molecule has 0 amide bonds. The van der Waals surface area contributed by atoms with Crippen molar-refractivity contribution < 1.29 is 17.9 Å². The van der Waals surface area contributed by atoms with E-state index in [2.05, 4.69) is 45.9 Å². The highest BCUT2D eigenvalue weighted by Crippen LogP contribution is 2.48. The van der Waals surface area contributed by atoms with E-state index in [1.165, 1.54) is 16.1 Å². The molecule has 6 nitrogen and oxygen atoms in total. The van der Waals surface area contributed by atoms with E-state index in [9.17, 15) is 8.42 Å². The van der Waals surface area contributed by atoms with Crippen molar-refractivity contribution in [1.29, 1.82) is 0 Å². The molecule has 0 saturated heterocycles. The average Bonchev–Trinajstić information content (AvgIpc) is 3.16. The molecule has 2 aliphatic rings. The van der Waals surface area contributed by atoms with Gasteiger partial charge in [-0.2, -0.15) is 0 Å². The van der Waals surface area contributed by atoms with Crippen molar-refractivity contribution >= 4 is 33.8 Å². The lowest BCUT2D eigenvalue weighted by Gasteiger charge is -2.31. The van der Waals surface area contributed by atoms with Gasteiger partial charge in [-0.1, -0.05) is 30.3 Å². The Morgan fingerprint density at radius 2 is 1.58 bits per heavy atom. The lowest BCUT2D eigenvalue weighted by molar-refractivity contribution is 0.134. The summed E-state index contributed by atoms with van der Waals surface area (Å²) < 4.78 is 37.6. The fourth-order valence-corrected chi connectivity index (χ4v) is 5.85. The molecule has 5 rings (SSSR count). The van der Waals surface area contributed by atoms with Crippen LogP contribution in [0, 0.1) is 0 Å². The lowest BCUT2D eigenvalue weighted by Crippen LogP contribution is -2.30. The lowest BCUT2D eigenvalue weighted by atomic mass is 9.80. The summed E-state index contributed by atoms with van der Waals surface area (Å²) in [5, 5.41) is 0. The predicted molar refractivity (Wildman–Crippen MR) is 157 cm³/mol. The molecule has 0 atom stereocenters. The smallest absolute Gasteiger partial charge is 0.231 e. The zero-order valence-corrected chi connectivity index (χ0v) is 24.6. The molecular formula is C30H35ClN2O4S. The molecule has 2 aliphatic heterocycles. The van der Waals surface area contributed by atoms with E-state index in [0.29, 0.717) is 5.69 Å². The summed E-state index contributed by atoms with van der Waals surface area (Å²) in [7, 11) is -0.0942. The fourth-order valence-electron chi connectivity index (χ4n) is 5.35. The third-order valence-corrected chi connectivity index (χ3v) is 8.28. The van der Waals surface area contributed by atoms with Gasteiger partial charge in [0.05, 0.1) is 30.3 Å². The second-order valence-corrected chi connectivity index (χ2v) is 13.3. The van der Waals surface area contributed by atoms with Crippen molar-refractivity contribution in [2.24, 2.45) is 4.99 Å². The molecule has 0 spiro atoms. The van der Waals surface area contributed by atoms with Gasteiger partial charge >= 0.3 is 0 Å². The Bertz CT molecular complexity index is 1540. The van der Waals surface area contributed by atoms with Gasteiger partial charge < -0.3 is 9.47 Å². The first-order chi connectivity index (χ1) is 17.3. The number of halogens is 1. The molecule has 0 N–H and O–H groups in total. The quantitative estimate of drug-likeness (QED) is 0.384. The van der Waals surface area contributed by atoms with Crippen molar-refractivity contribution in [1.82, 2.24) is 0 Å². The van der Waals surface area contributed by atoms with Crippen LogP contribution in [0.2, 0.25) is 0 Å². The largest absolute Gasteiger partial charge is 0.493 e. The number of hydrogen-bond donors (Lipinski definition) is 0. The van der Waals surface area contributed by atoms with E-state index < -0.39 is 10.0 Å². The topological polar surface area (TPSA) is 68.2 Å². The molecule has 38 heavy (non-hydrogen) atoms. The Labute approximate surface area is 232 Å². The van der Waals surface area contributed by atoms with E-state index >= 15 is 0 Å². The number of sulfonamides is 1. The first-order valence-electron chi connectivity index (χ1n) is 12.4. The minimum Gasteiger partial charge on any atom is -0.493 e. The van der Waals surface area contributed by atoms with Gasteiger partial charge in [-0.25, -0.2) is 8.42 Å². The van der Waals surface area contributed by atoms with Gasteiger partial charge in [-0.3, -0.25) is 9.30 Å². The van der Waals surface area contributed by atoms with Crippen LogP contribution < -0.4 is 13.8 Å². The van der Waals surface area contributed by atoms with Crippen LogP contribution in [-0.2, 0) is 22.9 Å². The standard InChI is InChI=1S/C30H34N2O4S.ClH/c1-29(2)17-22-16-25(35-6)28-24(18-30(3,4)36-28)26(22)27(31-29)21-12-8-10-19(14-21)20-11-9-13-23(15-20)32(5)37(7,33)34;/h8-16H,17-18H2,1-7H3;1H. The molecule has 0 aromatic heterocycles. The first kappa shape index (κ1) is 28.0. The van der Waals surface area contributed by atoms with Gasteiger partial charge in [0.15, 0.2) is 11.5 Å². The highest BCUT2D eigenvalue weighted by Gasteiger charge is 2.39. The molecule has 8 heteroatoms. The Kier molecular flexibility index (Phi) is 7.08.